The van der Waals surface area contributed by atoms with Crippen LogP contribution >= 0.6 is 11.8 Å². The Morgan fingerprint density at radius 2 is 1.95 bits per heavy atom. The van der Waals surface area contributed by atoms with Gasteiger partial charge in [-0.15, -0.1) is 11.8 Å². The molecule has 0 heterocycles. The Hall–Kier alpha value is -1.00. The predicted octanol–water partition coefficient (Wildman–Crippen LogP) is 3.47. The highest BCUT2D eigenvalue weighted by Gasteiger charge is 2.09. The smallest absolute Gasteiger partial charge is 0.238 e. The summed E-state index contributed by atoms with van der Waals surface area (Å²) in [5, 5.41) is 2.97. The molecule has 106 valence electrons. The number of carbonyl (C=O) groups excluding carboxylic acids is 1. The summed E-state index contributed by atoms with van der Waals surface area (Å²) in [5.41, 5.74) is 0.879. The van der Waals surface area contributed by atoms with Gasteiger partial charge in [-0.2, -0.15) is 0 Å². The summed E-state index contributed by atoms with van der Waals surface area (Å²) in [6.07, 6.45) is 4.19. The van der Waals surface area contributed by atoms with Gasteiger partial charge in [0.1, 0.15) is 0 Å². The number of amides is 1. The summed E-state index contributed by atoms with van der Waals surface area (Å²) >= 11 is 1.68. The standard InChI is InChI=1S/C15H24N2OS/c1-4-9-17(10-5-2)12-15(18)16-13-7-6-8-14(11-13)19-3/h6-8,11H,4-5,9-10,12H2,1-3H3,(H,16,18). The summed E-state index contributed by atoms with van der Waals surface area (Å²) in [4.78, 5) is 15.4. The molecule has 4 heteroatoms. The van der Waals surface area contributed by atoms with E-state index in [2.05, 4.69) is 24.1 Å². The fraction of sp³-hybridized carbons (Fsp3) is 0.533. The van der Waals surface area contributed by atoms with Crippen molar-refractivity contribution in [3.63, 3.8) is 0 Å². The molecule has 1 rings (SSSR count). The van der Waals surface area contributed by atoms with E-state index in [1.807, 2.05) is 30.5 Å². The summed E-state index contributed by atoms with van der Waals surface area (Å²) in [6, 6.07) is 7.95. The summed E-state index contributed by atoms with van der Waals surface area (Å²) < 4.78 is 0. The second-order valence-corrected chi connectivity index (χ2v) is 5.44. The molecule has 0 unspecified atom stereocenters. The van der Waals surface area contributed by atoms with Gasteiger partial charge in [-0.1, -0.05) is 19.9 Å². The Labute approximate surface area is 120 Å². The average molecular weight is 280 g/mol. The van der Waals surface area contributed by atoms with Gasteiger partial charge in [-0.3, -0.25) is 9.69 Å². The van der Waals surface area contributed by atoms with Gasteiger partial charge in [-0.25, -0.2) is 0 Å². The van der Waals surface area contributed by atoms with Gasteiger partial charge < -0.3 is 5.32 Å². The van der Waals surface area contributed by atoms with Crippen molar-refractivity contribution in [2.75, 3.05) is 31.2 Å². The number of benzene rings is 1. The SMILES string of the molecule is CCCN(CCC)CC(=O)Nc1cccc(SC)c1. The summed E-state index contributed by atoms with van der Waals surface area (Å²) in [5.74, 6) is 0.0696. The van der Waals surface area contributed by atoms with Crippen LogP contribution in [0.3, 0.4) is 0 Å². The summed E-state index contributed by atoms with van der Waals surface area (Å²) in [7, 11) is 0. The molecule has 1 aromatic rings. The maximum absolute atomic E-state index is 12.0. The van der Waals surface area contributed by atoms with Crippen LogP contribution in [-0.4, -0.2) is 36.7 Å². The fourth-order valence-corrected chi connectivity index (χ4v) is 2.47. The third-order valence-corrected chi connectivity index (χ3v) is 3.53. The lowest BCUT2D eigenvalue weighted by Crippen LogP contribution is -2.34. The van der Waals surface area contributed by atoms with Gasteiger partial charge in [0.15, 0.2) is 0 Å². The van der Waals surface area contributed by atoms with Crippen LogP contribution in [0.2, 0.25) is 0 Å². The molecule has 3 nitrogen and oxygen atoms in total. The van der Waals surface area contributed by atoms with Crippen LogP contribution in [0.4, 0.5) is 5.69 Å². The van der Waals surface area contributed by atoms with Crippen LogP contribution in [0.25, 0.3) is 0 Å². The zero-order valence-corrected chi connectivity index (χ0v) is 12.9. The van der Waals surface area contributed by atoms with Crippen molar-refractivity contribution in [2.24, 2.45) is 0 Å². The van der Waals surface area contributed by atoms with Gasteiger partial charge in [0.25, 0.3) is 0 Å². The van der Waals surface area contributed by atoms with Gasteiger partial charge in [0.2, 0.25) is 5.91 Å². The second kappa shape index (κ2) is 8.99. The Morgan fingerprint density at radius 3 is 2.53 bits per heavy atom. The van der Waals surface area contributed by atoms with Crippen molar-refractivity contribution in [2.45, 2.75) is 31.6 Å². The molecular weight excluding hydrogens is 256 g/mol. The first-order chi connectivity index (χ1) is 9.19. The highest BCUT2D eigenvalue weighted by Crippen LogP contribution is 2.18. The van der Waals surface area contributed by atoms with Crippen LogP contribution in [0.5, 0.6) is 0 Å². The number of anilines is 1. The van der Waals surface area contributed by atoms with E-state index in [9.17, 15) is 4.79 Å². The monoisotopic (exact) mass is 280 g/mol. The Kier molecular flexibility index (Phi) is 7.60. The summed E-state index contributed by atoms with van der Waals surface area (Å²) in [6.45, 7) is 6.72. The van der Waals surface area contributed by atoms with E-state index in [1.54, 1.807) is 11.8 Å². The fourth-order valence-electron chi connectivity index (χ4n) is 2.01. The number of rotatable bonds is 8. The molecule has 0 spiro atoms. The quantitative estimate of drug-likeness (QED) is 0.740. The predicted molar refractivity (Wildman–Crippen MR) is 83.9 cm³/mol. The Balaban J connectivity index is 2.53. The van der Waals surface area contributed by atoms with E-state index in [0.717, 1.165) is 36.5 Å². The van der Waals surface area contributed by atoms with Crippen molar-refractivity contribution in [1.29, 1.82) is 0 Å². The van der Waals surface area contributed by atoms with Gasteiger partial charge >= 0.3 is 0 Å². The van der Waals surface area contributed by atoms with E-state index in [0.29, 0.717) is 6.54 Å². The molecule has 0 aliphatic heterocycles. The minimum Gasteiger partial charge on any atom is -0.325 e. The lowest BCUT2D eigenvalue weighted by Gasteiger charge is -2.20. The van der Waals surface area contributed by atoms with Gasteiger partial charge in [-0.05, 0) is 50.4 Å². The lowest BCUT2D eigenvalue weighted by atomic mass is 10.3. The van der Waals surface area contributed by atoms with Crippen LogP contribution in [0.1, 0.15) is 26.7 Å². The number of nitrogens with one attached hydrogen (secondary N) is 1. The van der Waals surface area contributed by atoms with E-state index in [4.69, 9.17) is 0 Å². The van der Waals surface area contributed by atoms with Crippen molar-refractivity contribution in [3.8, 4) is 0 Å². The van der Waals surface area contributed by atoms with E-state index in [1.165, 1.54) is 0 Å². The molecule has 1 aromatic carbocycles. The first-order valence-electron chi connectivity index (χ1n) is 6.85. The number of thioether (sulfide) groups is 1. The number of hydrogen-bond donors (Lipinski definition) is 1. The molecule has 0 bridgehead atoms. The minimum atomic E-state index is 0.0696. The molecule has 1 amide bonds. The van der Waals surface area contributed by atoms with E-state index < -0.39 is 0 Å². The Bertz CT molecular complexity index is 389. The highest BCUT2D eigenvalue weighted by atomic mass is 32.2. The van der Waals surface area contributed by atoms with Crippen LogP contribution in [-0.2, 0) is 4.79 Å². The number of nitrogens with zero attached hydrogens (tertiary/aromatic N) is 1. The first kappa shape index (κ1) is 16.1. The Morgan fingerprint density at radius 1 is 1.26 bits per heavy atom. The molecule has 0 saturated heterocycles. The largest absolute Gasteiger partial charge is 0.325 e. The van der Waals surface area contributed by atoms with Gasteiger partial charge in [0, 0.05) is 10.6 Å². The lowest BCUT2D eigenvalue weighted by molar-refractivity contribution is -0.117. The highest BCUT2D eigenvalue weighted by molar-refractivity contribution is 7.98. The average Bonchev–Trinajstić information content (AvgIpc) is 2.39. The third kappa shape index (κ3) is 6.12. The third-order valence-electron chi connectivity index (χ3n) is 2.80. The maximum Gasteiger partial charge on any atom is 0.238 e. The normalized spacial score (nSPS) is 10.7. The van der Waals surface area contributed by atoms with E-state index >= 15 is 0 Å². The number of carbonyl (C=O) groups is 1. The van der Waals surface area contributed by atoms with Crippen molar-refractivity contribution >= 4 is 23.4 Å². The zero-order valence-electron chi connectivity index (χ0n) is 12.1. The molecule has 0 radical (unpaired) electrons. The molecule has 0 aromatic heterocycles. The molecule has 0 aliphatic carbocycles. The van der Waals surface area contributed by atoms with Gasteiger partial charge in [0.05, 0.1) is 6.54 Å². The van der Waals surface area contributed by atoms with Crippen LogP contribution < -0.4 is 5.32 Å². The number of hydrogen-bond acceptors (Lipinski definition) is 3. The van der Waals surface area contributed by atoms with Crippen LogP contribution in [0.15, 0.2) is 29.2 Å². The molecular formula is C15H24N2OS. The topological polar surface area (TPSA) is 32.3 Å². The van der Waals surface area contributed by atoms with Crippen molar-refractivity contribution in [3.05, 3.63) is 24.3 Å². The van der Waals surface area contributed by atoms with Crippen molar-refractivity contribution < 1.29 is 4.79 Å². The molecule has 0 atom stereocenters. The molecule has 0 saturated carbocycles. The molecule has 1 N–H and O–H groups in total. The zero-order chi connectivity index (χ0) is 14.1. The first-order valence-corrected chi connectivity index (χ1v) is 8.08. The maximum atomic E-state index is 12.0. The second-order valence-electron chi connectivity index (χ2n) is 4.56. The molecule has 0 fully saturated rings. The molecule has 0 aliphatic rings. The molecule has 19 heavy (non-hydrogen) atoms. The minimum absolute atomic E-state index is 0.0696. The van der Waals surface area contributed by atoms with Crippen molar-refractivity contribution in [1.82, 2.24) is 4.90 Å². The van der Waals surface area contributed by atoms with Crippen LogP contribution in [0, 0.1) is 0 Å². The van der Waals surface area contributed by atoms with E-state index in [-0.39, 0.29) is 5.91 Å².